The number of hydrogen-bond acceptors (Lipinski definition) is 2. The highest BCUT2D eigenvalue weighted by Crippen LogP contribution is 2.21. The summed E-state index contributed by atoms with van der Waals surface area (Å²) in [6.07, 6.45) is 7.31. The van der Waals surface area contributed by atoms with Gasteiger partial charge in [-0.05, 0) is 61.6 Å². The van der Waals surface area contributed by atoms with Crippen LogP contribution in [0.3, 0.4) is 0 Å². The number of imidazole rings is 1. The van der Waals surface area contributed by atoms with Crippen LogP contribution >= 0.6 is 0 Å². The van der Waals surface area contributed by atoms with E-state index in [9.17, 15) is 0 Å². The van der Waals surface area contributed by atoms with Gasteiger partial charge in [0, 0.05) is 18.9 Å². The quantitative estimate of drug-likeness (QED) is 0.343. The minimum absolute atomic E-state index is 0.797. The highest BCUT2D eigenvalue weighted by Gasteiger charge is 2.10. The van der Waals surface area contributed by atoms with Crippen LogP contribution in [0.25, 0.3) is 5.69 Å². The zero-order valence-corrected chi connectivity index (χ0v) is 18.2. The Morgan fingerprint density at radius 3 is 2.34 bits per heavy atom. The largest absolute Gasteiger partial charge is 0.315 e. The van der Waals surface area contributed by atoms with Gasteiger partial charge in [0.25, 0.3) is 0 Å². The third kappa shape index (κ3) is 4.73. The first-order valence-corrected chi connectivity index (χ1v) is 10.4. The fourth-order valence-corrected chi connectivity index (χ4v) is 3.77. The molecule has 0 amide bonds. The first kappa shape index (κ1) is 20.8. The number of rotatable bonds is 7. The summed E-state index contributed by atoms with van der Waals surface area (Å²) < 4.78 is 4.29. The van der Waals surface area contributed by atoms with Crippen molar-refractivity contribution in [3.8, 4) is 5.69 Å². The van der Waals surface area contributed by atoms with Gasteiger partial charge in [0.05, 0.1) is 11.4 Å². The maximum atomic E-state index is 4.56. The molecule has 0 N–H and O–H groups in total. The molecule has 3 aromatic rings. The molecule has 1 aromatic heterocycles. The number of aromatic nitrogens is 2. The predicted molar refractivity (Wildman–Crippen MR) is 119 cm³/mol. The van der Waals surface area contributed by atoms with Gasteiger partial charge < -0.3 is 4.57 Å². The SMILES string of the molecule is CCCCn1ccn(-c2c(C)cc(C)cc2C)/c1=N\N=Nc1ccccc1CC. The lowest BCUT2D eigenvalue weighted by Gasteiger charge is -2.12. The Balaban J connectivity index is 2.10. The summed E-state index contributed by atoms with van der Waals surface area (Å²) in [5.41, 5.74) is 7.73. The van der Waals surface area contributed by atoms with E-state index in [0.29, 0.717) is 0 Å². The monoisotopic (exact) mass is 389 g/mol. The molecule has 0 saturated heterocycles. The van der Waals surface area contributed by atoms with E-state index in [4.69, 9.17) is 0 Å². The fourth-order valence-electron chi connectivity index (χ4n) is 3.77. The van der Waals surface area contributed by atoms with Crippen molar-refractivity contribution in [1.82, 2.24) is 9.13 Å². The Labute approximate surface area is 173 Å². The summed E-state index contributed by atoms with van der Waals surface area (Å²) in [5, 5.41) is 13.2. The van der Waals surface area contributed by atoms with Crippen LogP contribution in [-0.2, 0) is 13.0 Å². The Hall–Kier alpha value is -2.95. The summed E-state index contributed by atoms with van der Waals surface area (Å²) in [7, 11) is 0. The smallest absolute Gasteiger partial charge is 0.236 e. The molecule has 0 spiro atoms. The molecule has 29 heavy (non-hydrogen) atoms. The lowest BCUT2D eigenvalue weighted by molar-refractivity contribution is 0.592. The van der Waals surface area contributed by atoms with Crippen LogP contribution in [0.4, 0.5) is 5.69 Å². The number of unbranched alkanes of at least 4 members (excludes halogenated alkanes) is 1. The topological polar surface area (TPSA) is 46.9 Å². The van der Waals surface area contributed by atoms with Crippen LogP contribution in [0.5, 0.6) is 0 Å². The summed E-state index contributed by atoms with van der Waals surface area (Å²) in [4.78, 5) is 0. The number of benzene rings is 2. The van der Waals surface area contributed by atoms with Gasteiger partial charge in [-0.3, -0.25) is 4.57 Å². The van der Waals surface area contributed by atoms with Gasteiger partial charge in [-0.2, -0.15) is 0 Å². The van der Waals surface area contributed by atoms with Gasteiger partial charge in [0.1, 0.15) is 0 Å². The second-order valence-electron chi connectivity index (χ2n) is 7.53. The average Bonchev–Trinajstić information content (AvgIpc) is 3.08. The van der Waals surface area contributed by atoms with Crippen molar-refractivity contribution >= 4 is 5.69 Å². The van der Waals surface area contributed by atoms with Crippen molar-refractivity contribution in [3.05, 3.63) is 76.7 Å². The van der Waals surface area contributed by atoms with E-state index in [-0.39, 0.29) is 0 Å². The highest BCUT2D eigenvalue weighted by atomic mass is 15.4. The minimum atomic E-state index is 0.797. The van der Waals surface area contributed by atoms with Crippen LogP contribution < -0.4 is 5.62 Å². The van der Waals surface area contributed by atoms with Gasteiger partial charge in [-0.15, -0.1) is 5.11 Å². The van der Waals surface area contributed by atoms with E-state index >= 15 is 0 Å². The van der Waals surface area contributed by atoms with Gasteiger partial charge in [-0.25, -0.2) is 0 Å². The number of aryl methyl sites for hydroxylation is 5. The standard InChI is InChI=1S/C24H31N5/c1-6-8-13-28-14-15-29(23-19(4)16-18(3)17-20(23)5)24(28)26-27-25-22-12-10-9-11-21(22)7-2/h9-12,14-17H,6-8,13H2,1-5H3/b26-24-,27-25?. The maximum absolute atomic E-state index is 4.56. The summed E-state index contributed by atoms with van der Waals surface area (Å²) in [6, 6.07) is 12.5. The average molecular weight is 390 g/mol. The first-order valence-electron chi connectivity index (χ1n) is 10.4. The van der Waals surface area contributed by atoms with Gasteiger partial charge >= 0.3 is 0 Å². The van der Waals surface area contributed by atoms with Crippen molar-refractivity contribution in [2.24, 2.45) is 15.4 Å². The minimum Gasteiger partial charge on any atom is -0.315 e. The molecule has 0 saturated carbocycles. The van der Waals surface area contributed by atoms with Crippen LogP contribution in [0.2, 0.25) is 0 Å². The van der Waals surface area contributed by atoms with Gasteiger partial charge in [0.15, 0.2) is 0 Å². The summed E-state index contributed by atoms with van der Waals surface area (Å²) in [6.45, 7) is 11.7. The van der Waals surface area contributed by atoms with Gasteiger partial charge in [0.2, 0.25) is 5.62 Å². The molecule has 0 bridgehead atoms. The number of nitrogens with zero attached hydrogens (tertiary/aromatic N) is 5. The predicted octanol–water partition coefficient (Wildman–Crippen LogP) is 6.17. The molecule has 152 valence electrons. The van der Waals surface area contributed by atoms with Crippen molar-refractivity contribution in [2.45, 2.75) is 60.4 Å². The Kier molecular flexibility index (Phi) is 6.81. The summed E-state index contributed by atoms with van der Waals surface area (Å²) >= 11 is 0. The Bertz CT molecular complexity index is 1050. The second kappa shape index (κ2) is 9.50. The third-order valence-corrected chi connectivity index (χ3v) is 5.16. The van der Waals surface area contributed by atoms with Crippen LogP contribution in [-0.4, -0.2) is 9.13 Å². The normalized spacial score (nSPS) is 12.2. The lowest BCUT2D eigenvalue weighted by atomic mass is 10.1. The van der Waals surface area contributed by atoms with E-state index in [1.165, 1.54) is 22.3 Å². The number of hydrogen-bond donors (Lipinski definition) is 0. The zero-order chi connectivity index (χ0) is 20.8. The lowest BCUT2D eigenvalue weighted by Crippen LogP contribution is -2.25. The van der Waals surface area contributed by atoms with Crippen molar-refractivity contribution < 1.29 is 0 Å². The van der Waals surface area contributed by atoms with Gasteiger partial charge in [-0.1, -0.05) is 61.3 Å². The molecular weight excluding hydrogens is 358 g/mol. The molecule has 3 rings (SSSR count). The molecule has 0 atom stereocenters. The van der Waals surface area contributed by atoms with E-state index in [1.807, 2.05) is 18.2 Å². The molecule has 0 radical (unpaired) electrons. The van der Waals surface area contributed by atoms with E-state index < -0.39 is 0 Å². The Morgan fingerprint density at radius 2 is 1.66 bits per heavy atom. The molecule has 0 aliphatic heterocycles. The zero-order valence-electron chi connectivity index (χ0n) is 18.2. The van der Waals surface area contributed by atoms with E-state index in [2.05, 4.69) is 89.8 Å². The Morgan fingerprint density at radius 1 is 0.931 bits per heavy atom. The van der Waals surface area contributed by atoms with Crippen LogP contribution in [0.15, 0.2) is 64.2 Å². The third-order valence-electron chi connectivity index (χ3n) is 5.16. The molecule has 2 aromatic carbocycles. The fraction of sp³-hybridized carbons (Fsp3) is 0.375. The van der Waals surface area contributed by atoms with E-state index in [1.54, 1.807) is 0 Å². The highest BCUT2D eigenvalue weighted by molar-refractivity contribution is 5.49. The van der Waals surface area contributed by atoms with Crippen molar-refractivity contribution in [2.75, 3.05) is 0 Å². The molecule has 0 aliphatic carbocycles. The molecule has 0 unspecified atom stereocenters. The summed E-state index contributed by atoms with van der Waals surface area (Å²) in [5.74, 6) is 0. The van der Waals surface area contributed by atoms with E-state index in [0.717, 1.165) is 42.8 Å². The molecule has 5 heteroatoms. The molecular formula is C24H31N5. The molecule has 5 nitrogen and oxygen atoms in total. The maximum Gasteiger partial charge on any atom is 0.236 e. The molecule has 0 fully saturated rings. The second-order valence-corrected chi connectivity index (χ2v) is 7.53. The first-order chi connectivity index (χ1) is 14.0. The van der Waals surface area contributed by atoms with Crippen LogP contribution in [0, 0.1) is 20.8 Å². The molecule has 0 aliphatic rings. The van der Waals surface area contributed by atoms with Crippen LogP contribution in [0.1, 0.15) is 48.9 Å². The van der Waals surface area contributed by atoms with Crippen molar-refractivity contribution in [1.29, 1.82) is 0 Å². The van der Waals surface area contributed by atoms with Crippen molar-refractivity contribution in [3.63, 3.8) is 0 Å². The molecule has 1 heterocycles.